The fourth-order valence-electron chi connectivity index (χ4n) is 2.62. The van der Waals surface area contributed by atoms with Crippen LogP contribution in [0.3, 0.4) is 0 Å². The van der Waals surface area contributed by atoms with E-state index in [0.717, 1.165) is 0 Å². The number of carbonyl (C=O) groups excluding carboxylic acids is 2. The number of likely N-dealkylation sites (N-methyl/N-ethyl adjacent to an activating group) is 1. The van der Waals surface area contributed by atoms with Gasteiger partial charge in [0.2, 0.25) is 0 Å². The molecule has 3 rings (SSSR count). The second-order valence-corrected chi connectivity index (χ2v) is 7.57. The molecule has 2 aromatic carbocycles. The summed E-state index contributed by atoms with van der Waals surface area (Å²) in [4.78, 5) is 28.9. The molecule has 31 heavy (non-hydrogen) atoms. The summed E-state index contributed by atoms with van der Waals surface area (Å²) in [6.45, 7) is 4.25. The van der Waals surface area contributed by atoms with Gasteiger partial charge in [-0.15, -0.1) is 11.3 Å². The minimum atomic E-state index is -0.335. The molecule has 1 aromatic heterocycles. The predicted octanol–water partition coefficient (Wildman–Crippen LogP) is 3.94. The van der Waals surface area contributed by atoms with E-state index in [0.29, 0.717) is 39.3 Å². The first-order valence-corrected chi connectivity index (χ1v) is 10.4. The van der Waals surface area contributed by atoms with Gasteiger partial charge in [-0.2, -0.15) is 0 Å². The Morgan fingerprint density at radius 2 is 1.68 bits per heavy atom. The summed E-state index contributed by atoms with van der Waals surface area (Å²) in [5.74, 6) is 0.241. The topological polar surface area (TPSA) is 89.6 Å². The van der Waals surface area contributed by atoms with E-state index in [4.69, 9.17) is 9.47 Å². The average molecular weight is 444 g/mol. The molecule has 0 aliphatic rings. The van der Waals surface area contributed by atoms with Crippen LogP contribution in [0.5, 0.6) is 11.5 Å². The van der Waals surface area contributed by atoms with Gasteiger partial charge in [0.1, 0.15) is 33.8 Å². The molecule has 0 saturated heterocycles. The lowest BCUT2D eigenvalue weighted by molar-refractivity contribution is -0.122. The standard InChI is InChI=1S/C22H22FN3O4S/c1-3-24-19(27)12-29-18-10-6-16(7-11-18)26-22(28)21-14(2)25-20(31-21)13-30-17-8-4-15(23)5-9-17/h4-11H,3,12-13H2,1-2H3,(H,24,27)(H,26,28). The maximum atomic E-state index is 13.0. The van der Waals surface area contributed by atoms with Gasteiger partial charge in [-0.25, -0.2) is 9.37 Å². The smallest absolute Gasteiger partial charge is 0.267 e. The summed E-state index contributed by atoms with van der Waals surface area (Å²) in [7, 11) is 0. The van der Waals surface area contributed by atoms with Crippen molar-refractivity contribution in [2.24, 2.45) is 0 Å². The summed E-state index contributed by atoms with van der Waals surface area (Å²) in [5.41, 5.74) is 1.19. The van der Waals surface area contributed by atoms with Crippen molar-refractivity contribution >= 4 is 28.8 Å². The van der Waals surface area contributed by atoms with Crippen molar-refractivity contribution in [1.82, 2.24) is 10.3 Å². The molecule has 0 bridgehead atoms. The van der Waals surface area contributed by atoms with Crippen LogP contribution in [0.2, 0.25) is 0 Å². The number of nitrogens with zero attached hydrogens (tertiary/aromatic N) is 1. The fourth-order valence-corrected chi connectivity index (χ4v) is 3.49. The first-order chi connectivity index (χ1) is 14.9. The summed E-state index contributed by atoms with van der Waals surface area (Å²) in [6.07, 6.45) is 0. The highest BCUT2D eigenvalue weighted by Crippen LogP contribution is 2.23. The van der Waals surface area contributed by atoms with Crippen LogP contribution < -0.4 is 20.1 Å². The van der Waals surface area contributed by atoms with Crippen molar-refractivity contribution in [3.63, 3.8) is 0 Å². The Labute approximate surface area is 183 Å². The first-order valence-electron chi connectivity index (χ1n) is 9.60. The Bertz CT molecular complexity index is 1040. The van der Waals surface area contributed by atoms with Gasteiger partial charge in [-0.05, 0) is 62.4 Å². The first kappa shape index (κ1) is 22.2. The van der Waals surface area contributed by atoms with E-state index in [-0.39, 0.29) is 30.8 Å². The number of halogens is 1. The van der Waals surface area contributed by atoms with Crippen molar-refractivity contribution in [3.05, 3.63) is 69.9 Å². The van der Waals surface area contributed by atoms with Gasteiger partial charge in [-0.1, -0.05) is 0 Å². The summed E-state index contributed by atoms with van der Waals surface area (Å²) in [6, 6.07) is 12.4. The second-order valence-electron chi connectivity index (χ2n) is 6.49. The molecule has 0 spiro atoms. The van der Waals surface area contributed by atoms with E-state index >= 15 is 0 Å². The highest BCUT2D eigenvalue weighted by Gasteiger charge is 2.16. The zero-order valence-electron chi connectivity index (χ0n) is 17.1. The molecular weight excluding hydrogens is 421 g/mol. The number of hydrogen-bond donors (Lipinski definition) is 2. The minimum absolute atomic E-state index is 0.0671. The van der Waals surface area contributed by atoms with E-state index in [1.165, 1.54) is 35.6 Å². The van der Waals surface area contributed by atoms with Gasteiger partial charge in [0.25, 0.3) is 11.8 Å². The van der Waals surface area contributed by atoms with Crippen molar-refractivity contribution in [3.8, 4) is 11.5 Å². The van der Waals surface area contributed by atoms with Crippen LogP contribution in [0.25, 0.3) is 0 Å². The Kier molecular flexibility index (Phi) is 7.55. The number of nitrogens with one attached hydrogen (secondary N) is 2. The number of rotatable bonds is 9. The van der Waals surface area contributed by atoms with Gasteiger partial charge in [0.15, 0.2) is 6.61 Å². The van der Waals surface area contributed by atoms with Crippen LogP contribution in [-0.4, -0.2) is 29.9 Å². The van der Waals surface area contributed by atoms with E-state index in [9.17, 15) is 14.0 Å². The molecule has 9 heteroatoms. The average Bonchev–Trinajstić information content (AvgIpc) is 3.14. The zero-order chi connectivity index (χ0) is 22.2. The van der Waals surface area contributed by atoms with Crippen LogP contribution >= 0.6 is 11.3 Å². The lowest BCUT2D eigenvalue weighted by atomic mass is 10.3. The van der Waals surface area contributed by atoms with Crippen molar-refractivity contribution < 1.29 is 23.5 Å². The number of thiazole rings is 1. The molecule has 0 aliphatic heterocycles. The lowest BCUT2D eigenvalue weighted by Crippen LogP contribution is -2.28. The summed E-state index contributed by atoms with van der Waals surface area (Å²) in [5, 5.41) is 6.11. The monoisotopic (exact) mass is 443 g/mol. The zero-order valence-corrected chi connectivity index (χ0v) is 17.9. The number of hydrogen-bond acceptors (Lipinski definition) is 6. The molecule has 0 saturated carbocycles. The number of ether oxygens (including phenoxy) is 2. The largest absolute Gasteiger partial charge is 0.486 e. The Balaban J connectivity index is 1.55. The molecular formula is C22H22FN3O4S. The summed E-state index contributed by atoms with van der Waals surface area (Å²) < 4.78 is 23.9. The highest BCUT2D eigenvalue weighted by molar-refractivity contribution is 7.13. The number of aryl methyl sites for hydroxylation is 1. The summed E-state index contributed by atoms with van der Waals surface area (Å²) >= 11 is 1.24. The van der Waals surface area contributed by atoms with Gasteiger partial charge < -0.3 is 20.1 Å². The highest BCUT2D eigenvalue weighted by atomic mass is 32.1. The lowest BCUT2D eigenvalue weighted by Gasteiger charge is -2.08. The fraction of sp³-hybridized carbons (Fsp3) is 0.227. The van der Waals surface area contributed by atoms with Crippen LogP contribution in [-0.2, 0) is 11.4 Å². The van der Waals surface area contributed by atoms with Crippen LogP contribution in [0.4, 0.5) is 10.1 Å². The SMILES string of the molecule is CCNC(=O)COc1ccc(NC(=O)c2sc(COc3ccc(F)cc3)nc2C)cc1. The second kappa shape index (κ2) is 10.5. The molecule has 7 nitrogen and oxygen atoms in total. The van der Waals surface area contributed by atoms with Crippen molar-refractivity contribution in [1.29, 1.82) is 0 Å². The quantitative estimate of drug-likeness (QED) is 0.523. The predicted molar refractivity (Wildman–Crippen MR) is 116 cm³/mol. The van der Waals surface area contributed by atoms with E-state index in [1.807, 2.05) is 6.92 Å². The van der Waals surface area contributed by atoms with Crippen LogP contribution in [0.1, 0.15) is 27.3 Å². The Morgan fingerprint density at radius 3 is 2.35 bits per heavy atom. The maximum Gasteiger partial charge on any atom is 0.267 e. The van der Waals surface area contributed by atoms with Gasteiger partial charge in [-0.3, -0.25) is 9.59 Å². The third-order valence-corrected chi connectivity index (χ3v) is 5.21. The molecule has 0 aliphatic carbocycles. The van der Waals surface area contributed by atoms with Crippen LogP contribution in [0, 0.1) is 12.7 Å². The van der Waals surface area contributed by atoms with E-state index in [1.54, 1.807) is 31.2 Å². The molecule has 2 amide bonds. The van der Waals surface area contributed by atoms with Gasteiger partial charge in [0.05, 0.1) is 5.69 Å². The Morgan fingerprint density at radius 1 is 1.03 bits per heavy atom. The molecule has 2 N–H and O–H groups in total. The normalized spacial score (nSPS) is 10.4. The third-order valence-electron chi connectivity index (χ3n) is 4.08. The molecule has 0 unspecified atom stereocenters. The number of benzene rings is 2. The molecule has 3 aromatic rings. The number of aromatic nitrogens is 1. The van der Waals surface area contributed by atoms with Gasteiger partial charge >= 0.3 is 0 Å². The molecule has 0 radical (unpaired) electrons. The maximum absolute atomic E-state index is 13.0. The molecule has 0 fully saturated rings. The van der Waals surface area contributed by atoms with Crippen molar-refractivity contribution in [2.75, 3.05) is 18.5 Å². The van der Waals surface area contributed by atoms with E-state index in [2.05, 4.69) is 15.6 Å². The number of amides is 2. The van der Waals surface area contributed by atoms with Crippen molar-refractivity contribution in [2.45, 2.75) is 20.5 Å². The van der Waals surface area contributed by atoms with E-state index < -0.39 is 0 Å². The molecule has 1 heterocycles. The van der Waals surface area contributed by atoms with Gasteiger partial charge in [0, 0.05) is 12.2 Å². The molecule has 0 atom stereocenters. The number of carbonyl (C=O) groups is 2. The molecule has 162 valence electrons. The van der Waals surface area contributed by atoms with Crippen LogP contribution in [0.15, 0.2) is 48.5 Å². The number of anilines is 1. The minimum Gasteiger partial charge on any atom is -0.486 e. The Hall–Kier alpha value is -3.46. The third kappa shape index (κ3) is 6.51.